The van der Waals surface area contributed by atoms with Gasteiger partial charge in [0.1, 0.15) is 11.3 Å². The van der Waals surface area contributed by atoms with Crippen LogP contribution in [0.15, 0.2) is 18.2 Å². The molecule has 0 atom stereocenters. The Morgan fingerprint density at radius 1 is 1.20 bits per heavy atom. The number of aliphatic carboxylic acids is 1. The molecule has 0 aliphatic rings. The molecule has 3 N–H and O–H groups in total. The molecule has 0 spiro atoms. The molecule has 80 valence electrons. The molecule has 0 aliphatic heterocycles. The molecular formula is C10H10O5. The van der Waals surface area contributed by atoms with Gasteiger partial charge in [-0.15, -0.1) is 0 Å². The lowest BCUT2D eigenvalue weighted by molar-refractivity contribution is -0.136. The average molecular weight is 210 g/mol. The fourth-order valence-electron chi connectivity index (χ4n) is 1.21. The molecule has 0 amide bonds. The van der Waals surface area contributed by atoms with Gasteiger partial charge in [0, 0.05) is 6.42 Å². The van der Waals surface area contributed by atoms with Gasteiger partial charge in [-0.05, 0) is 18.1 Å². The zero-order chi connectivity index (χ0) is 11.4. The Balaban J connectivity index is 2.94. The third-order valence-electron chi connectivity index (χ3n) is 1.96. The highest BCUT2D eigenvalue weighted by molar-refractivity contribution is 5.91. The second-order valence-electron chi connectivity index (χ2n) is 3.01. The van der Waals surface area contributed by atoms with Crippen LogP contribution in [-0.2, 0) is 11.2 Å². The van der Waals surface area contributed by atoms with Crippen LogP contribution in [0.5, 0.6) is 5.75 Å². The summed E-state index contributed by atoms with van der Waals surface area (Å²) in [5.74, 6) is -2.58. The number of carbonyl (C=O) groups is 2. The molecule has 1 aromatic rings. The average Bonchev–Trinajstić information content (AvgIpc) is 2.15. The predicted octanol–water partition coefficient (Wildman–Crippen LogP) is 1.11. The van der Waals surface area contributed by atoms with Crippen molar-refractivity contribution in [3.05, 3.63) is 29.3 Å². The van der Waals surface area contributed by atoms with Gasteiger partial charge in [0.25, 0.3) is 0 Å². The lowest BCUT2D eigenvalue weighted by Crippen LogP contribution is -2.01. The van der Waals surface area contributed by atoms with Gasteiger partial charge in [0.2, 0.25) is 0 Å². The van der Waals surface area contributed by atoms with Gasteiger partial charge in [-0.2, -0.15) is 0 Å². The van der Waals surface area contributed by atoms with Crippen molar-refractivity contribution in [2.24, 2.45) is 0 Å². The van der Waals surface area contributed by atoms with Gasteiger partial charge < -0.3 is 15.3 Å². The van der Waals surface area contributed by atoms with Crippen molar-refractivity contribution in [2.75, 3.05) is 0 Å². The van der Waals surface area contributed by atoms with E-state index in [0.29, 0.717) is 5.56 Å². The van der Waals surface area contributed by atoms with Crippen LogP contribution in [-0.4, -0.2) is 27.3 Å². The number of carboxylic acid groups (broad SMARTS) is 2. The largest absolute Gasteiger partial charge is 0.507 e. The van der Waals surface area contributed by atoms with Crippen molar-refractivity contribution in [2.45, 2.75) is 12.8 Å². The normalized spacial score (nSPS) is 9.87. The number of carboxylic acids is 2. The van der Waals surface area contributed by atoms with Crippen molar-refractivity contribution < 1.29 is 24.9 Å². The fourth-order valence-corrected chi connectivity index (χ4v) is 1.21. The van der Waals surface area contributed by atoms with E-state index in [0.717, 1.165) is 0 Å². The summed E-state index contributed by atoms with van der Waals surface area (Å²) in [6.07, 6.45) is -0.0289. The summed E-state index contributed by atoms with van der Waals surface area (Å²) < 4.78 is 0. The van der Waals surface area contributed by atoms with E-state index in [-0.39, 0.29) is 24.2 Å². The molecule has 5 heteroatoms. The number of rotatable bonds is 4. The Bertz CT molecular complexity index is 397. The number of phenols is 1. The monoisotopic (exact) mass is 210 g/mol. The van der Waals surface area contributed by atoms with Crippen LogP contribution in [0.1, 0.15) is 22.3 Å². The highest BCUT2D eigenvalue weighted by atomic mass is 16.4. The van der Waals surface area contributed by atoms with Gasteiger partial charge in [-0.1, -0.05) is 12.1 Å². The molecule has 0 radical (unpaired) electrons. The summed E-state index contributed by atoms with van der Waals surface area (Å²) >= 11 is 0. The molecule has 1 aromatic carbocycles. The molecule has 5 nitrogen and oxygen atoms in total. The number of aromatic carboxylic acids is 1. The smallest absolute Gasteiger partial charge is 0.339 e. The van der Waals surface area contributed by atoms with Crippen molar-refractivity contribution >= 4 is 11.9 Å². The standard InChI is InChI=1S/C10H10O5/c11-8(12)5-4-6-2-1-3-7(9(6)13)10(14)15/h1-3,13H,4-5H2,(H,11,12)(H,14,15). The summed E-state index contributed by atoms with van der Waals surface area (Å²) in [6.45, 7) is 0. The Hall–Kier alpha value is -2.04. The number of aromatic hydroxyl groups is 1. The number of para-hydroxylation sites is 1. The first kappa shape index (κ1) is 11.0. The number of aryl methyl sites for hydroxylation is 1. The summed E-state index contributed by atoms with van der Waals surface area (Å²) in [7, 11) is 0. The van der Waals surface area contributed by atoms with E-state index in [9.17, 15) is 14.7 Å². The highest BCUT2D eigenvalue weighted by Crippen LogP contribution is 2.23. The SMILES string of the molecule is O=C(O)CCc1cccc(C(=O)O)c1O. The maximum atomic E-state index is 10.6. The quantitative estimate of drug-likeness (QED) is 0.691. The first-order valence-electron chi connectivity index (χ1n) is 4.28. The van der Waals surface area contributed by atoms with E-state index in [1.165, 1.54) is 18.2 Å². The Morgan fingerprint density at radius 2 is 1.87 bits per heavy atom. The molecule has 0 aliphatic carbocycles. The highest BCUT2D eigenvalue weighted by Gasteiger charge is 2.13. The Kier molecular flexibility index (Phi) is 3.28. The molecular weight excluding hydrogens is 200 g/mol. The maximum Gasteiger partial charge on any atom is 0.339 e. The minimum Gasteiger partial charge on any atom is -0.507 e. The molecule has 0 aromatic heterocycles. The molecule has 0 heterocycles. The summed E-state index contributed by atoms with van der Waals surface area (Å²) in [5.41, 5.74) is 0.121. The molecule has 0 bridgehead atoms. The number of hydrogen-bond acceptors (Lipinski definition) is 3. The number of benzene rings is 1. The van der Waals surface area contributed by atoms with Crippen molar-refractivity contribution in [1.82, 2.24) is 0 Å². The summed E-state index contributed by atoms with van der Waals surface area (Å²) in [4.78, 5) is 20.9. The van der Waals surface area contributed by atoms with E-state index in [1.807, 2.05) is 0 Å². The Morgan fingerprint density at radius 3 is 2.40 bits per heavy atom. The molecule has 15 heavy (non-hydrogen) atoms. The van der Waals surface area contributed by atoms with Crippen LogP contribution < -0.4 is 0 Å². The molecule has 0 saturated carbocycles. The topological polar surface area (TPSA) is 94.8 Å². The Labute approximate surface area is 85.6 Å². The summed E-state index contributed by atoms with van der Waals surface area (Å²) in [6, 6.07) is 4.24. The van der Waals surface area contributed by atoms with Crippen LogP contribution in [0.25, 0.3) is 0 Å². The zero-order valence-corrected chi connectivity index (χ0v) is 7.80. The van der Waals surface area contributed by atoms with E-state index in [4.69, 9.17) is 10.2 Å². The third kappa shape index (κ3) is 2.70. The van der Waals surface area contributed by atoms with Crippen molar-refractivity contribution in [3.8, 4) is 5.75 Å². The van der Waals surface area contributed by atoms with Crippen molar-refractivity contribution in [1.29, 1.82) is 0 Å². The molecule has 0 unspecified atom stereocenters. The van der Waals surface area contributed by atoms with Gasteiger partial charge in [0.15, 0.2) is 0 Å². The van der Waals surface area contributed by atoms with Gasteiger partial charge >= 0.3 is 11.9 Å². The van der Waals surface area contributed by atoms with Crippen LogP contribution in [0.4, 0.5) is 0 Å². The van der Waals surface area contributed by atoms with E-state index >= 15 is 0 Å². The number of hydrogen-bond donors (Lipinski definition) is 3. The van der Waals surface area contributed by atoms with E-state index in [2.05, 4.69) is 0 Å². The van der Waals surface area contributed by atoms with Gasteiger partial charge in [-0.3, -0.25) is 4.79 Å². The summed E-state index contributed by atoms with van der Waals surface area (Å²) in [5, 5.41) is 26.6. The zero-order valence-electron chi connectivity index (χ0n) is 7.80. The fraction of sp³-hybridized carbons (Fsp3) is 0.200. The molecule has 0 saturated heterocycles. The van der Waals surface area contributed by atoms with Gasteiger partial charge in [0.05, 0.1) is 0 Å². The molecule has 0 fully saturated rings. The van der Waals surface area contributed by atoms with Crippen molar-refractivity contribution in [3.63, 3.8) is 0 Å². The predicted molar refractivity (Wildman–Crippen MR) is 51.0 cm³/mol. The maximum absolute atomic E-state index is 10.6. The third-order valence-corrected chi connectivity index (χ3v) is 1.96. The van der Waals surface area contributed by atoms with Gasteiger partial charge in [-0.25, -0.2) is 4.79 Å². The van der Waals surface area contributed by atoms with E-state index in [1.54, 1.807) is 0 Å². The minimum absolute atomic E-state index is 0.113. The molecule has 1 rings (SSSR count). The lowest BCUT2D eigenvalue weighted by Gasteiger charge is -2.05. The first-order valence-corrected chi connectivity index (χ1v) is 4.28. The van der Waals surface area contributed by atoms with Crippen LogP contribution in [0.2, 0.25) is 0 Å². The van der Waals surface area contributed by atoms with Crippen LogP contribution in [0.3, 0.4) is 0 Å². The first-order chi connectivity index (χ1) is 7.02. The lowest BCUT2D eigenvalue weighted by atomic mass is 10.0. The second kappa shape index (κ2) is 4.45. The van der Waals surface area contributed by atoms with E-state index < -0.39 is 11.9 Å². The van der Waals surface area contributed by atoms with Crippen LogP contribution >= 0.6 is 0 Å². The second-order valence-corrected chi connectivity index (χ2v) is 3.01. The van der Waals surface area contributed by atoms with Crippen LogP contribution in [0, 0.1) is 0 Å². The minimum atomic E-state index is -1.23.